The van der Waals surface area contributed by atoms with Crippen molar-refractivity contribution < 1.29 is 9.16 Å². The molecule has 0 radical (unpaired) electrons. The predicted molar refractivity (Wildman–Crippen MR) is 125 cm³/mol. The van der Waals surface area contributed by atoms with Crippen molar-refractivity contribution >= 4 is 22.0 Å². The molecule has 2 aromatic rings. The number of allylic oxidation sites excluding steroid dienone is 1. The average molecular weight is 413 g/mol. The van der Waals surface area contributed by atoms with Crippen LogP contribution in [0.3, 0.4) is 0 Å². The topological polar surface area (TPSA) is 18.5 Å². The zero-order valence-corrected chi connectivity index (χ0v) is 20.0. The van der Waals surface area contributed by atoms with Gasteiger partial charge < -0.3 is 9.16 Å². The van der Waals surface area contributed by atoms with Crippen LogP contribution in [0.15, 0.2) is 54.1 Å². The molecule has 3 rings (SSSR count). The number of rotatable bonds is 8. The molecule has 0 heterocycles. The number of hydrogen-bond acceptors (Lipinski definition) is 2. The zero-order chi connectivity index (χ0) is 20.3. The first-order valence-electron chi connectivity index (χ1n) is 10.3. The highest BCUT2D eigenvalue weighted by Gasteiger charge is 2.34. The highest BCUT2D eigenvalue weighted by atomic mass is 31.1. The molecule has 0 bridgehead atoms. The van der Waals surface area contributed by atoms with E-state index in [9.17, 15) is 0 Å². The SMILES string of the molecule is CCP(CC)C(C1=C(O[Si](C)(C)C)c2ccccc2C1)c1ccc(OC)cc1. The van der Waals surface area contributed by atoms with Crippen molar-refractivity contribution in [1.82, 2.24) is 0 Å². The number of fused-ring (bicyclic) bond motifs is 1. The molecule has 2 aromatic carbocycles. The Labute approximate surface area is 172 Å². The third-order valence-corrected chi connectivity index (χ3v) is 9.06. The molecule has 0 spiro atoms. The summed E-state index contributed by atoms with van der Waals surface area (Å²) in [5, 5.41) is 0. The third kappa shape index (κ3) is 4.53. The summed E-state index contributed by atoms with van der Waals surface area (Å²) in [5.74, 6) is 2.09. The lowest BCUT2D eigenvalue weighted by atomic mass is 10.0. The van der Waals surface area contributed by atoms with Crippen molar-refractivity contribution in [2.75, 3.05) is 19.4 Å². The van der Waals surface area contributed by atoms with E-state index in [1.54, 1.807) is 7.11 Å². The van der Waals surface area contributed by atoms with Gasteiger partial charge in [0, 0.05) is 11.2 Å². The summed E-state index contributed by atoms with van der Waals surface area (Å²) in [4.78, 5) is 0. The molecule has 0 aromatic heterocycles. The molecule has 1 aliphatic rings. The van der Waals surface area contributed by atoms with Crippen LogP contribution in [0.1, 0.15) is 36.2 Å². The van der Waals surface area contributed by atoms with Gasteiger partial charge in [0.15, 0.2) is 0 Å². The van der Waals surface area contributed by atoms with Crippen molar-refractivity contribution in [3.8, 4) is 5.75 Å². The van der Waals surface area contributed by atoms with Gasteiger partial charge in [-0.1, -0.05) is 58.2 Å². The molecule has 150 valence electrons. The first-order valence-corrected chi connectivity index (χ1v) is 15.4. The van der Waals surface area contributed by atoms with Crippen molar-refractivity contribution in [2.24, 2.45) is 0 Å². The van der Waals surface area contributed by atoms with Crippen LogP contribution in [0.4, 0.5) is 0 Å². The fraction of sp³-hybridized carbons (Fsp3) is 0.417. The highest BCUT2D eigenvalue weighted by molar-refractivity contribution is 7.58. The standard InChI is InChI=1S/C24H33O2PSi/c1-7-27(8-2)24(18-13-15-20(25-3)16-14-18)22-17-19-11-9-10-12-21(19)23(22)26-28(4,5)6/h9-16,24H,7-8,17H2,1-6H3. The fourth-order valence-corrected chi connectivity index (χ4v) is 7.28. The molecule has 28 heavy (non-hydrogen) atoms. The lowest BCUT2D eigenvalue weighted by molar-refractivity contribution is 0.414. The third-order valence-electron chi connectivity index (χ3n) is 5.28. The molecule has 0 N–H and O–H groups in total. The Hall–Kier alpha value is -1.57. The van der Waals surface area contributed by atoms with Gasteiger partial charge in [0.2, 0.25) is 8.32 Å². The van der Waals surface area contributed by atoms with Gasteiger partial charge in [0.1, 0.15) is 11.5 Å². The normalized spacial score (nSPS) is 15.0. The number of hydrogen-bond donors (Lipinski definition) is 0. The van der Waals surface area contributed by atoms with E-state index in [1.807, 2.05) is 0 Å². The lowest BCUT2D eigenvalue weighted by Crippen LogP contribution is -2.25. The Morgan fingerprint density at radius 3 is 2.18 bits per heavy atom. The number of ether oxygens (including phenoxy) is 1. The minimum atomic E-state index is -1.72. The van der Waals surface area contributed by atoms with E-state index in [2.05, 4.69) is 82.0 Å². The Morgan fingerprint density at radius 2 is 1.61 bits per heavy atom. The van der Waals surface area contributed by atoms with E-state index in [4.69, 9.17) is 9.16 Å². The van der Waals surface area contributed by atoms with Crippen LogP contribution in [-0.2, 0) is 10.8 Å². The molecular formula is C24H33O2PSi. The molecule has 1 aliphatic carbocycles. The van der Waals surface area contributed by atoms with Gasteiger partial charge in [-0.05, 0) is 67.2 Å². The second kappa shape index (κ2) is 8.84. The molecule has 2 nitrogen and oxygen atoms in total. The van der Waals surface area contributed by atoms with Gasteiger partial charge in [-0.25, -0.2) is 0 Å². The van der Waals surface area contributed by atoms with Gasteiger partial charge in [-0.15, -0.1) is 0 Å². The molecule has 0 saturated heterocycles. The van der Waals surface area contributed by atoms with Crippen LogP contribution >= 0.6 is 7.92 Å². The minimum absolute atomic E-state index is 0.155. The smallest absolute Gasteiger partial charge is 0.242 e. The molecule has 4 heteroatoms. The van der Waals surface area contributed by atoms with Gasteiger partial charge in [-0.2, -0.15) is 0 Å². The van der Waals surface area contributed by atoms with Gasteiger partial charge in [-0.3, -0.25) is 0 Å². The summed E-state index contributed by atoms with van der Waals surface area (Å²) in [6, 6.07) is 17.5. The van der Waals surface area contributed by atoms with E-state index >= 15 is 0 Å². The Kier molecular flexibility index (Phi) is 6.68. The second-order valence-corrected chi connectivity index (χ2v) is 15.7. The Bertz CT molecular complexity index is 832. The van der Waals surface area contributed by atoms with Gasteiger partial charge in [0.05, 0.1) is 7.11 Å². The van der Waals surface area contributed by atoms with E-state index in [1.165, 1.54) is 40.3 Å². The van der Waals surface area contributed by atoms with E-state index in [0.717, 1.165) is 12.2 Å². The molecule has 0 amide bonds. The first-order chi connectivity index (χ1) is 13.4. The summed E-state index contributed by atoms with van der Waals surface area (Å²) in [5.41, 5.74) is 6.04. The molecule has 1 unspecified atom stereocenters. The van der Waals surface area contributed by atoms with Crippen LogP contribution in [0.5, 0.6) is 5.75 Å². The van der Waals surface area contributed by atoms with Crippen LogP contribution in [0.25, 0.3) is 5.76 Å². The molecule has 1 atom stereocenters. The summed E-state index contributed by atoms with van der Waals surface area (Å²) >= 11 is 0. The molecular weight excluding hydrogens is 379 g/mol. The van der Waals surface area contributed by atoms with E-state index in [0.29, 0.717) is 5.66 Å². The van der Waals surface area contributed by atoms with Crippen molar-refractivity contribution in [3.63, 3.8) is 0 Å². The summed E-state index contributed by atoms with van der Waals surface area (Å²) in [7, 11) is -0.145. The fourth-order valence-electron chi connectivity index (χ4n) is 4.01. The largest absolute Gasteiger partial charge is 0.544 e. The Balaban J connectivity index is 2.14. The molecule has 0 saturated carbocycles. The maximum absolute atomic E-state index is 6.73. The highest BCUT2D eigenvalue weighted by Crippen LogP contribution is 2.58. The first kappa shape index (κ1) is 21.1. The van der Waals surface area contributed by atoms with E-state index < -0.39 is 8.32 Å². The van der Waals surface area contributed by atoms with Crippen molar-refractivity contribution in [3.05, 3.63) is 70.8 Å². The van der Waals surface area contributed by atoms with Crippen LogP contribution < -0.4 is 4.74 Å². The zero-order valence-electron chi connectivity index (χ0n) is 18.1. The maximum atomic E-state index is 6.73. The van der Waals surface area contributed by atoms with Crippen LogP contribution in [-0.4, -0.2) is 27.8 Å². The average Bonchev–Trinajstić information content (AvgIpc) is 3.02. The quantitative estimate of drug-likeness (QED) is 0.341. The number of methoxy groups -OCH3 is 1. The van der Waals surface area contributed by atoms with Gasteiger partial charge >= 0.3 is 0 Å². The monoisotopic (exact) mass is 412 g/mol. The molecule has 0 fully saturated rings. The second-order valence-electron chi connectivity index (χ2n) is 8.30. The summed E-state index contributed by atoms with van der Waals surface area (Å²) < 4.78 is 12.1. The Morgan fingerprint density at radius 1 is 0.964 bits per heavy atom. The van der Waals surface area contributed by atoms with Gasteiger partial charge in [0.25, 0.3) is 0 Å². The maximum Gasteiger partial charge on any atom is 0.242 e. The summed E-state index contributed by atoms with van der Waals surface area (Å²) in [6.45, 7) is 11.5. The summed E-state index contributed by atoms with van der Waals surface area (Å²) in [6.07, 6.45) is 3.46. The van der Waals surface area contributed by atoms with Crippen LogP contribution in [0.2, 0.25) is 19.6 Å². The number of benzene rings is 2. The predicted octanol–water partition coefficient (Wildman–Crippen LogP) is 7.08. The lowest BCUT2D eigenvalue weighted by Gasteiger charge is -2.31. The minimum Gasteiger partial charge on any atom is -0.544 e. The van der Waals surface area contributed by atoms with Crippen LogP contribution in [0, 0.1) is 0 Å². The van der Waals surface area contributed by atoms with Crippen molar-refractivity contribution in [1.29, 1.82) is 0 Å². The van der Waals surface area contributed by atoms with E-state index in [-0.39, 0.29) is 7.92 Å². The van der Waals surface area contributed by atoms with Crippen molar-refractivity contribution in [2.45, 2.75) is 45.6 Å². The molecule has 0 aliphatic heterocycles.